The summed E-state index contributed by atoms with van der Waals surface area (Å²) in [5.74, 6) is 1.43. The van der Waals surface area contributed by atoms with E-state index in [1.54, 1.807) is 0 Å². The molecular formula is C43H27N3O2. The van der Waals surface area contributed by atoms with Crippen LogP contribution in [0.5, 0.6) is 0 Å². The van der Waals surface area contributed by atoms with Crippen molar-refractivity contribution < 1.29 is 8.83 Å². The van der Waals surface area contributed by atoms with Gasteiger partial charge in [0.1, 0.15) is 34.3 Å². The van der Waals surface area contributed by atoms with E-state index in [9.17, 15) is 0 Å². The van der Waals surface area contributed by atoms with E-state index in [0.29, 0.717) is 5.84 Å². The SMILES string of the molecule is c1ccc(C2=NC(c3ccccc3)NC(c3ccc(-c4cc5oc6ccccc6c5c5ccccc45)c4oc5ccccc5c34)=N2)cc1. The summed E-state index contributed by atoms with van der Waals surface area (Å²) >= 11 is 0. The van der Waals surface area contributed by atoms with Crippen LogP contribution in [-0.4, -0.2) is 11.7 Å². The molecule has 7 aromatic carbocycles. The van der Waals surface area contributed by atoms with E-state index in [0.717, 1.165) is 88.3 Å². The zero-order valence-electron chi connectivity index (χ0n) is 25.7. The molecule has 1 aliphatic rings. The van der Waals surface area contributed by atoms with E-state index < -0.39 is 0 Å². The highest BCUT2D eigenvalue weighted by Crippen LogP contribution is 2.44. The van der Waals surface area contributed by atoms with E-state index in [1.807, 2.05) is 60.7 Å². The highest BCUT2D eigenvalue weighted by Gasteiger charge is 2.26. The third-order valence-corrected chi connectivity index (χ3v) is 9.35. The first-order chi connectivity index (χ1) is 23.8. The Bertz CT molecular complexity index is 2760. The Hall–Kier alpha value is -6.46. The van der Waals surface area contributed by atoms with Crippen LogP contribution in [-0.2, 0) is 0 Å². The fraction of sp³-hybridized carbons (Fsp3) is 0.0233. The lowest BCUT2D eigenvalue weighted by molar-refractivity contribution is 0.668. The van der Waals surface area contributed by atoms with Gasteiger partial charge >= 0.3 is 0 Å². The minimum Gasteiger partial charge on any atom is -0.456 e. The molecule has 0 bridgehead atoms. The minimum atomic E-state index is -0.304. The number of aliphatic imine (C=N–C) groups is 2. The molecule has 0 saturated heterocycles. The van der Waals surface area contributed by atoms with Crippen molar-refractivity contribution in [3.8, 4) is 11.1 Å². The molecule has 2 aromatic heterocycles. The summed E-state index contributed by atoms with van der Waals surface area (Å²) in [5.41, 5.74) is 8.40. The first-order valence-electron chi connectivity index (χ1n) is 16.1. The van der Waals surface area contributed by atoms with Crippen LogP contribution in [0.2, 0.25) is 0 Å². The lowest BCUT2D eigenvalue weighted by Gasteiger charge is -2.24. The van der Waals surface area contributed by atoms with Gasteiger partial charge in [0.15, 0.2) is 5.84 Å². The molecule has 0 aliphatic carbocycles. The number of fused-ring (bicyclic) bond motifs is 8. The van der Waals surface area contributed by atoms with Gasteiger partial charge in [-0.3, -0.25) is 0 Å². The topological polar surface area (TPSA) is 63.0 Å². The maximum Gasteiger partial charge on any atom is 0.159 e. The molecule has 1 unspecified atom stereocenters. The quantitative estimate of drug-likeness (QED) is 0.214. The van der Waals surface area contributed by atoms with Crippen LogP contribution in [0.3, 0.4) is 0 Å². The fourth-order valence-corrected chi connectivity index (χ4v) is 7.16. The Labute approximate surface area is 275 Å². The van der Waals surface area contributed by atoms with Crippen LogP contribution in [0.4, 0.5) is 0 Å². The van der Waals surface area contributed by atoms with Crippen molar-refractivity contribution in [3.05, 3.63) is 168 Å². The molecule has 0 spiro atoms. The normalized spacial score (nSPS) is 14.9. The molecule has 3 heterocycles. The number of furan rings is 2. The average molecular weight is 618 g/mol. The Morgan fingerprint density at radius 3 is 1.85 bits per heavy atom. The standard InChI is InChI=1S/C43H27N3O2/c1-3-13-26(14-4-1)41-44-42(27-15-5-2-6-16-27)46-43(45-41)33-24-23-30(40-39(33)32-20-10-12-22-36(32)48-40)34-25-37-38(29-18-8-7-17-28(29)34)31-19-9-11-21-35(31)47-37/h1-25,41H,(H,44,45,46). The maximum atomic E-state index is 6.77. The Morgan fingerprint density at radius 1 is 0.479 bits per heavy atom. The Morgan fingerprint density at radius 2 is 1.08 bits per heavy atom. The van der Waals surface area contributed by atoms with E-state index >= 15 is 0 Å². The van der Waals surface area contributed by atoms with Crippen molar-refractivity contribution >= 4 is 66.3 Å². The number of hydrogen-bond donors (Lipinski definition) is 1. The second-order valence-electron chi connectivity index (χ2n) is 12.1. The largest absolute Gasteiger partial charge is 0.456 e. The van der Waals surface area contributed by atoms with Gasteiger partial charge in [0.2, 0.25) is 0 Å². The molecule has 1 aliphatic heterocycles. The first kappa shape index (κ1) is 26.7. The van der Waals surface area contributed by atoms with Gasteiger partial charge in [-0.05, 0) is 52.2 Å². The van der Waals surface area contributed by atoms with Crippen molar-refractivity contribution in [1.82, 2.24) is 5.32 Å². The van der Waals surface area contributed by atoms with E-state index in [-0.39, 0.29) is 6.17 Å². The third kappa shape index (κ3) is 4.11. The van der Waals surface area contributed by atoms with Crippen LogP contribution in [0, 0.1) is 0 Å². The predicted molar refractivity (Wildman–Crippen MR) is 196 cm³/mol. The smallest absolute Gasteiger partial charge is 0.159 e. The second-order valence-corrected chi connectivity index (χ2v) is 12.1. The van der Waals surface area contributed by atoms with E-state index in [4.69, 9.17) is 18.8 Å². The van der Waals surface area contributed by atoms with Crippen LogP contribution in [0.1, 0.15) is 22.9 Å². The number of hydrogen-bond acceptors (Lipinski definition) is 5. The lowest BCUT2D eigenvalue weighted by atomic mass is 9.92. The summed E-state index contributed by atoms with van der Waals surface area (Å²) in [5, 5.41) is 10.2. The summed E-state index contributed by atoms with van der Waals surface area (Å²) < 4.78 is 13.2. The molecule has 9 aromatic rings. The van der Waals surface area contributed by atoms with Gasteiger partial charge in [-0.2, -0.15) is 0 Å². The van der Waals surface area contributed by atoms with Crippen molar-refractivity contribution in [1.29, 1.82) is 0 Å². The van der Waals surface area contributed by atoms with Crippen molar-refractivity contribution in [3.63, 3.8) is 0 Å². The maximum absolute atomic E-state index is 6.77. The third-order valence-electron chi connectivity index (χ3n) is 9.35. The molecule has 0 radical (unpaired) electrons. The summed E-state index contributed by atoms with van der Waals surface area (Å²) in [7, 11) is 0. The molecule has 1 N–H and O–H groups in total. The van der Waals surface area contributed by atoms with Gasteiger partial charge in [-0.1, -0.05) is 121 Å². The summed E-state index contributed by atoms with van der Waals surface area (Å²) in [6, 6.07) is 52.0. The minimum absolute atomic E-state index is 0.304. The summed E-state index contributed by atoms with van der Waals surface area (Å²) in [6.45, 7) is 0. The number of para-hydroxylation sites is 2. The van der Waals surface area contributed by atoms with Crippen LogP contribution in [0.15, 0.2) is 170 Å². The molecular weight excluding hydrogens is 590 g/mol. The molecule has 1 atom stereocenters. The molecule has 226 valence electrons. The Balaban J connectivity index is 1.24. The van der Waals surface area contributed by atoms with E-state index in [2.05, 4.69) is 96.3 Å². The van der Waals surface area contributed by atoms with Crippen LogP contribution >= 0.6 is 0 Å². The van der Waals surface area contributed by atoms with Gasteiger partial charge in [0.05, 0.1) is 0 Å². The number of nitrogens with one attached hydrogen (secondary N) is 1. The average Bonchev–Trinajstić information content (AvgIpc) is 3.74. The summed E-state index contributed by atoms with van der Waals surface area (Å²) in [6.07, 6.45) is -0.304. The first-order valence-corrected chi connectivity index (χ1v) is 16.1. The predicted octanol–water partition coefficient (Wildman–Crippen LogP) is 10.8. The molecule has 5 nitrogen and oxygen atoms in total. The molecule has 48 heavy (non-hydrogen) atoms. The number of amidine groups is 2. The van der Waals surface area contributed by atoms with Crippen LogP contribution < -0.4 is 5.32 Å². The summed E-state index contributed by atoms with van der Waals surface area (Å²) in [4.78, 5) is 10.2. The highest BCUT2D eigenvalue weighted by molar-refractivity contribution is 6.26. The van der Waals surface area contributed by atoms with Gasteiger partial charge in [-0.15, -0.1) is 0 Å². The molecule has 10 rings (SSSR count). The second kappa shape index (κ2) is 10.5. The zero-order valence-corrected chi connectivity index (χ0v) is 25.7. The fourth-order valence-electron chi connectivity index (χ4n) is 7.16. The zero-order chi connectivity index (χ0) is 31.6. The molecule has 0 fully saturated rings. The van der Waals surface area contributed by atoms with Gasteiger partial charge < -0.3 is 14.2 Å². The monoisotopic (exact) mass is 617 g/mol. The Kier molecular flexibility index (Phi) is 5.87. The number of benzene rings is 7. The van der Waals surface area contributed by atoms with Gasteiger partial charge in [0.25, 0.3) is 0 Å². The van der Waals surface area contributed by atoms with Crippen LogP contribution in [0.25, 0.3) is 65.8 Å². The highest BCUT2D eigenvalue weighted by atomic mass is 16.3. The van der Waals surface area contributed by atoms with Crippen molar-refractivity contribution in [2.75, 3.05) is 0 Å². The molecule has 0 amide bonds. The van der Waals surface area contributed by atoms with Crippen molar-refractivity contribution in [2.45, 2.75) is 6.17 Å². The van der Waals surface area contributed by atoms with E-state index in [1.165, 1.54) is 0 Å². The van der Waals surface area contributed by atoms with Gasteiger partial charge in [-0.25, -0.2) is 9.98 Å². The molecule has 0 saturated carbocycles. The number of nitrogens with zero attached hydrogens (tertiary/aromatic N) is 2. The molecule has 5 heteroatoms. The number of rotatable bonds is 4. The lowest BCUT2D eigenvalue weighted by Crippen LogP contribution is -2.33. The van der Waals surface area contributed by atoms with Crippen molar-refractivity contribution in [2.24, 2.45) is 9.98 Å². The van der Waals surface area contributed by atoms with Gasteiger partial charge in [0, 0.05) is 38.2 Å².